The summed E-state index contributed by atoms with van der Waals surface area (Å²) < 4.78 is 26.7. The number of sulfonamides is 1. The fourth-order valence-electron chi connectivity index (χ4n) is 2.89. The van der Waals surface area contributed by atoms with Gasteiger partial charge in [-0.3, -0.25) is 4.79 Å². The van der Waals surface area contributed by atoms with E-state index in [9.17, 15) is 27.9 Å². The van der Waals surface area contributed by atoms with E-state index < -0.39 is 33.6 Å². The average Bonchev–Trinajstić information content (AvgIpc) is 2.78. The molecule has 34 heavy (non-hydrogen) atoms. The molecule has 0 spiro atoms. The van der Waals surface area contributed by atoms with Gasteiger partial charge in [-0.25, -0.2) is 22.3 Å². The third kappa shape index (κ3) is 5.07. The molecule has 0 saturated heterocycles. The van der Waals surface area contributed by atoms with E-state index in [0.717, 1.165) is 19.1 Å². The summed E-state index contributed by atoms with van der Waals surface area (Å²) in [6.07, 6.45) is 0. The number of rotatable bonds is 7. The SMILES string of the molecule is CC(=O)N(c1ccc(C(=O)O)cc1)S(=O)(=O)c1ccc(N=Nc2ccc(O)c(C(=O)O)c2)cc1. The number of carboxylic acid groups (broad SMARTS) is 2. The van der Waals surface area contributed by atoms with Gasteiger partial charge in [-0.05, 0) is 66.7 Å². The van der Waals surface area contributed by atoms with Crippen LogP contribution in [-0.4, -0.2) is 41.6 Å². The molecular weight excluding hydrogens is 466 g/mol. The molecule has 0 aliphatic heterocycles. The van der Waals surface area contributed by atoms with Gasteiger partial charge in [0.15, 0.2) is 0 Å². The molecule has 0 aromatic heterocycles. The number of aromatic hydroxyl groups is 1. The van der Waals surface area contributed by atoms with Crippen LogP contribution in [0.5, 0.6) is 5.75 Å². The second kappa shape index (κ2) is 9.50. The van der Waals surface area contributed by atoms with Gasteiger partial charge < -0.3 is 15.3 Å². The monoisotopic (exact) mass is 483 g/mol. The standard InChI is InChI=1S/C22H17N3O8S/c1-13(26)25(17-7-2-14(3-8-17)21(28)29)34(32,33)18-9-4-15(5-10-18)23-24-16-6-11-20(27)19(12-16)22(30)31/h2-12,27H,1H3,(H,28,29)(H,30,31). The van der Waals surface area contributed by atoms with E-state index in [1.807, 2.05) is 0 Å². The zero-order valence-corrected chi connectivity index (χ0v) is 18.3. The number of carboxylic acids is 2. The Balaban J connectivity index is 1.87. The quantitative estimate of drug-likeness (QED) is 0.423. The van der Waals surface area contributed by atoms with Crippen molar-refractivity contribution in [2.45, 2.75) is 11.8 Å². The van der Waals surface area contributed by atoms with Gasteiger partial charge in [0.2, 0.25) is 5.91 Å². The highest BCUT2D eigenvalue weighted by Gasteiger charge is 2.28. The van der Waals surface area contributed by atoms with Crippen molar-refractivity contribution in [3.63, 3.8) is 0 Å². The molecule has 0 fully saturated rings. The van der Waals surface area contributed by atoms with Crippen molar-refractivity contribution >= 4 is 44.9 Å². The normalized spacial score (nSPS) is 11.3. The number of anilines is 1. The summed E-state index contributed by atoms with van der Waals surface area (Å²) >= 11 is 0. The molecule has 0 aliphatic rings. The van der Waals surface area contributed by atoms with Crippen molar-refractivity contribution in [3.8, 4) is 5.75 Å². The largest absolute Gasteiger partial charge is 0.507 e. The Morgan fingerprint density at radius 2 is 1.35 bits per heavy atom. The Kier molecular flexibility index (Phi) is 6.73. The lowest BCUT2D eigenvalue weighted by atomic mass is 10.2. The summed E-state index contributed by atoms with van der Waals surface area (Å²) in [5.41, 5.74) is -0.0477. The van der Waals surface area contributed by atoms with E-state index >= 15 is 0 Å². The third-order valence-corrected chi connectivity index (χ3v) is 6.32. The number of nitrogens with zero attached hydrogens (tertiary/aromatic N) is 3. The van der Waals surface area contributed by atoms with Crippen molar-refractivity contribution in [2.75, 3.05) is 4.31 Å². The fraction of sp³-hybridized carbons (Fsp3) is 0.0455. The van der Waals surface area contributed by atoms with Gasteiger partial charge in [0.1, 0.15) is 11.3 Å². The molecule has 0 aliphatic carbocycles. The van der Waals surface area contributed by atoms with Crippen molar-refractivity contribution in [1.29, 1.82) is 0 Å². The maximum atomic E-state index is 13.1. The van der Waals surface area contributed by atoms with Crippen LogP contribution in [0.1, 0.15) is 27.6 Å². The second-order valence-electron chi connectivity index (χ2n) is 6.84. The molecule has 0 unspecified atom stereocenters. The lowest BCUT2D eigenvalue weighted by Gasteiger charge is -2.21. The summed E-state index contributed by atoms with van der Waals surface area (Å²) in [4.78, 5) is 34.0. The maximum Gasteiger partial charge on any atom is 0.339 e. The highest BCUT2D eigenvalue weighted by Crippen LogP contribution is 2.28. The van der Waals surface area contributed by atoms with Crippen LogP contribution in [0.4, 0.5) is 17.1 Å². The number of hydrogen-bond acceptors (Lipinski definition) is 8. The molecule has 174 valence electrons. The van der Waals surface area contributed by atoms with Gasteiger partial charge in [-0.15, -0.1) is 0 Å². The van der Waals surface area contributed by atoms with Crippen LogP contribution in [0.25, 0.3) is 0 Å². The predicted molar refractivity (Wildman–Crippen MR) is 119 cm³/mol. The van der Waals surface area contributed by atoms with Crippen LogP contribution in [0.2, 0.25) is 0 Å². The maximum absolute atomic E-state index is 13.1. The van der Waals surface area contributed by atoms with E-state index in [4.69, 9.17) is 10.2 Å². The molecule has 3 N–H and O–H groups in total. The lowest BCUT2D eigenvalue weighted by molar-refractivity contribution is -0.115. The highest BCUT2D eigenvalue weighted by molar-refractivity contribution is 7.93. The molecule has 3 aromatic rings. The fourth-order valence-corrected chi connectivity index (χ4v) is 4.32. The number of azo groups is 1. The van der Waals surface area contributed by atoms with Crippen molar-refractivity contribution in [1.82, 2.24) is 0 Å². The molecule has 0 saturated carbocycles. The zero-order valence-electron chi connectivity index (χ0n) is 17.5. The molecule has 11 nitrogen and oxygen atoms in total. The highest BCUT2D eigenvalue weighted by atomic mass is 32.2. The number of aromatic carboxylic acids is 2. The molecule has 0 heterocycles. The molecule has 12 heteroatoms. The van der Waals surface area contributed by atoms with Gasteiger partial charge in [0.25, 0.3) is 10.0 Å². The molecule has 1 amide bonds. The minimum atomic E-state index is -4.32. The Hall–Kier alpha value is -4.58. The summed E-state index contributed by atoms with van der Waals surface area (Å²) in [5.74, 6) is -3.75. The number of carbonyl (C=O) groups is 3. The third-order valence-electron chi connectivity index (χ3n) is 4.50. The first kappa shape index (κ1) is 24.1. The summed E-state index contributed by atoms with van der Waals surface area (Å²) in [5, 5.41) is 35.4. The molecule has 3 rings (SSSR count). The summed E-state index contributed by atoms with van der Waals surface area (Å²) in [7, 11) is -4.32. The second-order valence-corrected chi connectivity index (χ2v) is 8.63. The van der Waals surface area contributed by atoms with Gasteiger partial charge >= 0.3 is 11.9 Å². The molecule has 0 bridgehead atoms. The van der Waals surface area contributed by atoms with Gasteiger partial charge in [0.05, 0.1) is 27.5 Å². The van der Waals surface area contributed by atoms with Crippen LogP contribution in [0.15, 0.2) is 81.9 Å². The van der Waals surface area contributed by atoms with Crippen LogP contribution < -0.4 is 4.31 Å². The van der Waals surface area contributed by atoms with Crippen molar-refractivity contribution in [2.24, 2.45) is 10.2 Å². The van der Waals surface area contributed by atoms with Gasteiger partial charge in [-0.2, -0.15) is 10.2 Å². The number of carbonyl (C=O) groups excluding carboxylic acids is 1. The van der Waals surface area contributed by atoms with Crippen LogP contribution >= 0.6 is 0 Å². The molecular formula is C22H17N3O8S. The Morgan fingerprint density at radius 1 is 0.794 bits per heavy atom. The zero-order chi connectivity index (χ0) is 25.0. The van der Waals surface area contributed by atoms with Crippen molar-refractivity contribution < 1.29 is 38.1 Å². The van der Waals surface area contributed by atoms with Crippen LogP contribution in [-0.2, 0) is 14.8 Å². The summed E-state index contributed by atoms with van der Waals surface area (Å²) in [6, 6.07) is 13.5. The van der Waals surface area contributed by atoms with Crippen molar-refractivity contribution in [3.05, 3.63) is 77.9 Å². The summed E-state index contributed by atoms with van der Waals surface area (Å²) in [6.45, 7) is 1.06. The minimum Gasteiger partial charge on any atom is -0.507 e. The number of hydrogen-bond donors (Lipinski definition) is 3. The van der Waals surface area contributed by atoms with Crippen LogP contribution in [0, 0.1) is 0 Å². The van der Waals surface area contributed by atoms with Gasteiger partial charge in [-0.1, -0.05) is 0 Å². The average molecular weight is 483 g/mol. The molecule has 0 radical (unpaired) electrons. The first-order chi connectivity index (χ1) is 16.0. The van der Waals surface area contributed by atoms with E-state index in [1.165, 1.54) is 54.6 Å². The Morgan fingerprint density at radius 3 is 1.88 bits per heavy atom. The molecule has 3 aromatic carbocycles. The van der Waals surface area contributed by atoms with E-state index in [2.05, 4.69) is 10.2 Å². The Labute approximate surface area is 193 Å². The minimum absolute atomic E-state index is 0.0252. The topological polar surface area (TPSA) is 174 Å². The van der Waals surface area contributed by atoms with Gasteiger partial charge in [0, 0.05) is 6.92 Å². The first-order valence-corrected chi connectivity index (χ1v) is 10.9. The smallest absolute Gasteiger partial charge is 0.339 e. The van der Waals surface area contributed by atoms with Crippen LogP contribution in [0.3, 0.4) is 0 Å². The number of amides is 1. The number of phenols is 1. The lowest BCUT2D eigenvalue weighted by Crippen LogP contribution is -2.35. The van der Waals surface area contributed by atoms with E-state index in [0.29, 0.717) is 4.31 Å². The van der Waals surface area contributed by atoms with E-state index in [-0.39, 0.29) is 33.1 Å². The first-order valence-electron chi connectivity index (χ1n) is 9.48. The molecule has 0 atom stereocenters. The van der Waals surface area contributed by atoms with E-state index in [1.54, 1.807) is 0 Å². The predicted octanol–water partition coefficient (Wildman–Crippen LogP) is 3.95. The Bertz CT molecular complexity index is 1400. The number of benzene rings is 3.